The Kier molecular flexibility index (Phi) is 5.75. The van der Waals surface area contributed by atoms with Crippen molar-refractivity contribution in [2.24, 2.45) is 5.92 Å². The predicted molar refractivity (Wildman–Crippen MR) is 92.3 cm³/mol. The Morgan fingerprint density at radius 2 is 2.07 bits per heavy atom. The first-order valence-corrected chi connectivity index (χ1v) is 10.3. The number of rotatable bonds is 7. The van der Waals surface area contributed by atoms with E-state index in [9.17, 15) is 31.5 Å². The van der Waals surface area contributed by atoms with Gasteiger partial charge in [-0.3, -0.25) is 4.18 Å². The van der Waals surface area contributed by atoms with Gasteiger partial charge in [0.1, 0.15) is 17.6 Å². The standard InChI is InChI=1S/C18H21F3O6S/c1-10(22)4-2-5-11-6-3-7-12-16-13(9-26-28(24,25)18(19,20)21)14(23)8-15(16)27-17(11)12/h3,6-7,13-16,23H,2,4-5,8-9H2,1H3/t13-,14+,15-,16+/m0/s1. The number of aryl methyl sites for hydroxylation is 1. The highest BCUT2D eigenvalue weighted by atomic mass is 32.2. The molecular weight excluding hydrogens is 401 g/mol. The first-order valence-electron chi connectivity index (χ1n) is 8.93. The summed E-state index contributed by atoms with van der Waals surface area (Å²) in [4.78, 5) is 11.1. The summed E-state index contributed by atoms with van der Waals surface area (Å²) in [6, 6.07) is 5.40. The number of Topliss-reactive ketones (excluding diaryl/α,β-unsaturated/α-hetero) is 1. The van der Waals surface area contributed by atoms with Gasteiger partial charge >= 0.3 is 15.6 Å². The minimum absolute atomic E-state index is 0.0802. The van der Waals surface area contributed by atoms with Crippen LogP contribution in [0.3, 0.4) is 0 Å². The molecule has 1 aliphatic heterocycles. The van der Waals surface area contributed by atoms with Crippen LogP contribution in [-0.2, 0) is 25.5 Å². The zero-order chi connectivity index (χ0) is 20.7. The van der Waals surface area contributed by atoms with E-state index >= 15 is 0 Å². The molecule has 1 aromatic rings. The second-order valence-electron chi connectivity index (χ2n) is 7.22. The smallest absolute Gasteiger partial charge is 0.489 e. The molecule has 1 fully saturated rings. The van der Waals surface area contributed by atoms with Crippen molar-refractivity contribution in [3.63, 3.8) is 0 Å². The molecule has 0 bridgehead atoms. The summed E-state index contributed by atoms with van der Waals surface area (Å²) >= 11 is 0. The van der Waals surface area contributed by atoms with Gasteiger partial charge in [0.2, 0.25) is 0 Å². The van der Waals surface area contributed by atoms with Crippen LogP contribution in [0.4, 0.5) is 13.2 Å². The lowest BCUT2D eigenvalue weighted by Crippen LogP contribution is -2.31. The second kappa shape index (κ2) is 7.64. The maximum absolute atomic E-state index is 12.5. The average molecular weight is 422 g/mol. The van der Waals surface area contributed by atoms with Crippen molar-refractivity contribution >= 4 is 15.9 Å². The number of hydrogen-bond acceptors (Lipinski definition) is 6. The van der Waals surface area contributed by atoms with Crippen molar-refractivity contribution < 1.29 is 40.4 Å². The Bertz CT molecular complexity index is 851. The number of carbonyl (C=O) groups excluding carboxylic acids is 1. The van der Waals surface area contributed by atoms with Gasteiger partial charge in [-0.2, -0.15) is 21.6 Å². The third kappa shape index (κ3) is 4.04. The number of alkyl halides is 3. The van der Waals surface area contributed by atoms with Gasteiger partial charge in [-0.25, -0.2) is 0 Å². The number of benzene rings is 1. The largest absolute Gasteiger partial charge is 0.523 e. The summed E-state index contributed by atoms with van der Waals surface area (Å²) < 4.78 is 70.1. The molecule has 2 aliphatic rings. The summed E-state index contributed by atoms with van der Waals surface area (Å²) in [6.45, 7) is 0.735. The van der Waals surface area contributed by atoms with Crippen LogP contribution in [0.5, 0.6) is 5.75 Å². The Labute approximate surface area is 160 Å². The van der Waals surface area contributed by atoms with Crippen LogP contribution in [0.15, 0.2) is 18.2 Å². The van der Waals surface area contributed by atoms with E-state index in [-0.39, 0.29) is 12.2 Å². The maximum atomic E-state index is 12.5. The highest BCUT2D eigenvalue weighted by Gasteiger charge is 2.52. The molecule has 1 saturated carbocycles. The van der Waals surface area contributed by atoms with Crippen LogP contribution in [0.25, 0.3) is 0 Å². The zero-order valence-electron chi connectivity index (χ0n) is 15.1. The first-order chi connectivity index (χ1) is 13.0. The van der Waals surface area contributed by atoms with Crippen LogP contribution < -0.4 is 4.74 Å². The molecule has 0 saturated heterocycles. The van der Waals surface area contributed by atoms with Crippen LogP contribution in [0.1, 0.15) is 43.2 Å². The topological polar surface area (TPSA) is 89.9 Å². The van der Waals surface area contributed by atoms with Crippen molar-refractivity contribution in [2.45, 2.75) is 56.2 Å². The number of aliphatic hydroxyl groups excluding tert-OH is 1. The van der Waals surface area contributed by atoms with E-state index in [1.165, 1.54) is 6.92 Å². The lowest BCUT2D eigenvalue weighted by molar-refractivity contribution is -0.117. The molecule has 0 spiro atoms. The highest BCUT2D eigenvalue weighted by molar-refractivity contribution is 7.87. The van der Waals surface area contributed by atoms with Crippen LogP contribution in [0.2, 0.25) is 0 Å². The van der Waals surface area contributed by atoms with Crippen molar-refractivity contribution in [3.8, 4) is 5.75 Å². The molecule has 1 aliphatic carbocycles. The molecule has 0 amide bonds. The number of fused-ring (bicyclic) bond motifs is 3. The SMILES string of the molecule is CC(=O)CCCc1cccc2c1O[C@H]1C[C@@H](O)[C@H](COS(=O)(=O)C(F)(F)F)[C@@H]21. The summed E-state index contributed by atoms with van der Waals surface area (Å²) in [5.41, 5.74) is -3.91. The van der Waals surface area contributed by atoms with Crippen molar-refractivity contribution in [3.05, 3.63) is 29.3 Å². The number of ether oxygens (including phenoxy) is 1. The lowest BCUT2D eigenvalue weighted by atomic mass is 9.87. The fourth-order valence-corrected chi connectivity index (χ4v) is 4.43. The molecule has 1 heterocycles. The summed E-state index contributed by atoms with van der Waals surface area (Å²) in [7, 11) is -5.73. The van der Waals surface area contributed by atoms with Gasteiger partial charge in [0.25, 0.3) is 0 Å². The van der Waals surface area contributed by atoms with Crippen molar-refractivity contribution in [2.75, 3.05) is 6.61 Å². The third-order valence-corrected chi connectivity index (χ3v) is 6.27. The predicted octanol–water partition coefficient (Wildman–Crippen LogP) is 2.69. The summed E-state index contributed by atoms with van der Waals surface area (Å²) in [6.07, 6.45) is 0.361. The summed E-state index contributed by atoms with van der Waals surface area (Å²) in [5, 5.41) is 10.2. The lowest BCUT2D eigenvalue weighted by Gasteiger charge is -2.21. The van der Waals surface area contributed by atoms with Gasteiger partial charge < -0.3 is 14.6 Å². The monoisotopic (exact) mass is 422 g/mol. The number of aliphatic hydroxyl groups is 1. The minimum Gasteiger partial charge on any atom is -0.489 e. The van der Waals surface area contributed by atoms with E-state index in [0.717, 1.165) is 11.1 Å². The Morgan fingerprint density at radius 3 is 2.71 bits per heavy atom. The number of hydrogen-bond donors (Lipinski definition) is 1. The number of para-hydroxylation sites is 1. The van der Waals surface area contributed by atoms with Crippen LogP contribution in [0, 0.1) is 5.92 Å². The maximum Gasteiger partial charge on any atom is 0.523 e. The first kappa shape index (κ1) is 21.1. The molecule has 0 aromatic heterocycles. The molecule has 0 unspecified atom stereocenters. The molecule has 4 atom stereocenters. The molecule has 156 valence electrons. The second-order valence-corrected chi connectivity index (χ2v) is 8.83. The van der Waals surface area contributed by atoms with Crippen LogP contribution >= 0.6 is 0 Å². The van der Waals surface area contributed by atoms with Gasteiger partial charge in [0.05, 0.1) is 12.7 Å². The number of carbonyl (C=O) groups is 1. The number of halogens is 3. The molecular formula is C18H21F3O6S. The fraction of sp³-hybridized carbons (Fsp3) is 0.611. The summed E-state index contributed by atoms with van der Waals surface area (Å²) in [5.74, 6) is -0.606. The highest BCUT2D eigenvalue weighted by Crippen LogP contribution is 2.51. The van der Waals surface area contributed by atoms with Gasteiger partial charge in [0.15, 0.2) is 0 Å². The van der Waals surface area contributed by atoms with E-state index in [0.29, 0.717) is 25.0 Å². The van der Waals surface area contributed by atoms with E-state index in [2.05, 4.69) is 4.18 Å². The Balaban J connectivity index is 1.78. The van der Waals surface area contributed by atoms with Gasteiger partial charge in [0, 0.05) is 30.2 Å². The quantitative estimate of drug-likeness (QED) is 0.537. The molecule has 28 heavy (non-hydrogen) atoms. The fourth-order valence-electron chi connectivity index (χ4n) is 3.96. The normalized spacial score (nSPS) is 26.6. The zero-order valence-corrected chi connectivity index (χ0v) is 15.9. The van der Waals surface area contributed by atoms with Crippen molar-refractivity contribution in [1.82, 2.24) is 0 Å². The Hall–Kier alpha value is -1.65. The average Bonchev–Trinajstić information content (AvgIpc) is 3.07. The minimum atomic E-state index is -5.73. The number of ketones is 1. The van der Waals surface area contributed by atoms with Gasteiger partial charge in [-0.1, -0.05) is 18.2 Å². The Morgan fingerprint density at radius 1 is 1.36 bits per heavy atom. The van der Waals surface area contributed by atoms with E-state index in [1.54, 1.807) is 12.1 Å². The molecule has 1 aromatic carbocycles. The van der Waals surface area contributed by atoms with Crippen LogP contribution in [-0.4, -0.2) is 43.6 Å². The van der Waals surface area contributed by atoms with E-state index < -0.39 is 46.3 Å². The van der Waals surface area contributed by atoms with Crippen molar-refractivity contribution in [1.29, 1.82) is 0 Å². The molecule has 0 radical (unpaired) electrons. The molecule has 10 heteroatoms. The van der Waals surface area contributed by atoms with Gasteiger partial charge in [-0.05, 0) is 25.3 Å². The van der Waals surface area contributed by atoms with E-state index in [1.807, 2.05) is 6.07 Å². The molecule has 3 rings (SSSR count). The molecule has 6 nitrogen and oxygen atoms in total. The van der Waals surface area contributed by atoms with E-state index in [4.69, 9.17) is 4.74 Å². The third-order valence-electron chi connectivity index (χ3n) is 5.26. The molecule has 1 N–H and O–H groups in total. The van der Waals surface area contributed by atoms with Gasteiger partial charge in [-0.15, -0.1) is 0 Å².